The van der Waals surface area contributed by atoms with Crippen LogP contribution in [0.3, 0.4) is 0 Å². The van der Waals surface area contributed by atoms with E-state index in [1.54, 1.807) is 12.3 Å². The van der Waals surface area contributed by atoms with Crippen LogP contribution in [0.15, 0.2) is 68.7 Å². The topological polar surface area (TPSA) is 68.0 Å². The first-order chi connectivity index (χ1) is 11.7. The zero-order valence-electron chi connectivity index (χ0n) is 12.6. The normalized spacial score (nSPS) is 10.5. The zero-order valence-corrected chi connectivity index (χ0v) is 15.0. The first-order valence-corrected chi connectivity index (χ1v) is 9.00. The van der Waals surface area contributed by atoms with Crippen molar-refractivity contribution in [3.63, 3.8) is 0 Å². The number of hydrogen-bond donors (Lipinski definition) is 1. The second-order valence-corrected chi connectivity index (χ2v) is 6.82. The van der Waals surface area contributed by atoms with E-state index in [4.69, 9.17) is 4.42 Å². The number of benzene rings is 1. The van der Waals surface area contributed by atoms with Crippen molar-refractivity contribution in [1.29, 1.82) is 0 Å². The third kappa shape index (κ3) is 4.69. The summed E-state index contributed by atoms with van der Waals surface area (Å²) in [5.74, 6) is 0.940. The minimum absolute atomic E-state index is 0.0739. The second kappa shape index (κ2) is 8.12. The van der Waals surface area contributed by atoms with Gasteiger partial charge in [-0.1, -0.05) is 39.8 Å². The molecule has 0 saturated carbocycles. The van der Waals surface area contributed by atoms with Crippen LogP contribution in [0.2, 0.25) is 0 Å². The highest BCUT2D eigenvalue weighted by molar-refractivity contribution is 9.10. The summed E-state index contributed by atoms with van der Waals surface area (Å²) in [6.07, 6.45) is 1.58. The zero-order chi connectivity index (χ0) is 16.8. The van der Waals surface area contributed by atoms with E-state index in [1.165, 1.54) is 11.8 Å². The summed E-state index contributed by atoms with van der Waals surface area (Å²) in [4.78, 5) is 11.8. The Morgan fingerprint density at radius 1 is 1.12 bits per heavy atom. The molecule has 3 rings (SSSR count). The van der Waals surface area contributed by atoms with Gasteiger partial charge in [-0.15, -0.1) is 10.2 Å². The van der Waals surface area contributed by atoms with Crippen LogP contribution in [-0.2, 0) is 11.3 Å². The van der Waals surface area contributed by atoms with Crippen LogP contribution in [-0.4, -0.2) is 21.9 Å². The lowest BCUT2D eigenvalue weighted by molar-refractivity contribution is -0.118. The smallest absolute Gasteiger partial charge is 0.230 e. The average Bonchev–Trinajstić information content (AvgIpc) is 3.13. The molecule has 1 aromatic carbocycles. The number of nitrogens with zero attached hydrogens (tertiary/aromatic N) is 2. The van der Waals surface area contributed by atoms with Crippen molar-refractivity contribution in [2.24, 2.45) is 0 Å². The number of carbonyl (C=O) groups is 1. The minimum atomic E-state index is -0.0739. The quantitative estimate of drug-likeness (QED) is 0.631. The van der Waals surface area contributed by atoms with E-state index in [0.717, 1.165) is 21.5 Å². The summed E-state index contributed by atoms with van der Waals surface area (Å²) in [6, 6.07) is 15.3. The predicted octanol–water partition coefficient (Wildman–Crippen LogP) is 3.91. The molecule has 1 N–H and O–H groups in total. The third-order valence-corrected chi connectivity index (χ3v) is 4.62. The fourth-order valence-corrected chi connectivity index (χ4v) is 2.87. The van der Waals surface area contributed by atoms with Gasteiger partial charge in [0.15, 0.2) is 0 Å². The van der Waals surface area contributed by atoms with Gasteiger partial charge in [-0.05, 0) is 36.4 Å². The standard InChI is InChI=1S/C17H14BrN3O2S/c18-13-5-3-12(4-6-13)15-7-8-17(21-20-15)24-11-16(22)19-10-14-2-1-9-23-14/h1-9H,10-11H2,(H,19,22). The number of thioether (sulfide) groups is 1. The van der Waals surface area contributed by atoms with Crippen molar-refractivity contribution < 1.29 is 9.21 Å². The fraction of sp³-hybridized carbons (Fsp3) is 0.118. The lowest BCUT2D eigenvalue weighted by Crippen LogP contribution is -2.24. The highest BCUT2D eigenvalue weighted by Crippen LogP contribution is 2.21. The summed E-state index contributed by atoms with van der Waals surface area (Å²) in [5.41, 5.74) is 1.80. The Morgan fingerprint density at radius 2 is 1.96 bits per heavy atom. The molecular weight excluding hydrogens is 390 g/mol. The second-order valence-electron chi connectivity index (χ2n) is 4.91. The van der Waals surface area contributed by atoms with Crippen molar-refractivity contribution in [1.82, 2.24) is 15.5 Å². The van der Waals surface area contributed by atoms with Gasteiger partial charge in [-0.3, -0.25) is 4.79 Å². The number of carbonyl (C=O) groups excluding carboxylic acids is 1. The number of furan rings is 1. The Hall–Kier alpha value is -2.12. The van der Waals surface area contributed by atoms with Crippen molar-refractivity contribution in [3.05, 3.63) is 65.0 Å². The Balaban J connectivity index is 1.50. The van der Waals surface area contributed by atoms with Crippen molar-refractivity contribution in [3.8, 4) is 11.3 Å². The van der Waals surface area contributed by atoms with Crippen LogP contribution in [0.25, 0.3) is 11.3 Å². The summed E-state index contributed by atoms with van der Waals surface area (Å²) >= 11 is 4.75. The Bertz CT molecular complexity index is 790. The summed E-state index contributed by atoms with van der Waals surface area (Å²) in [6.45, 7) is 0.389. The van der Waals surface area contributed by atoms with Crippen LogP contribution in [0.5, 0.6) is 0 Å². The molecule has 3 aromatic rings. The highest BCUT2D eigenvalue weighted by atomic mass is 79.9. The van der Waals surface area contributed by atoms with E-state index in [1.807, 2.05) is 42.5 Å². The van der Waals surface area contributed by atoms with Crippen LogP contribution < -0.4 is 5.32 Å². The first kappa shape index (κ1) is 16.7. The predicted molar refractivity (Wildman–Crippen MR) is 96.4 cm³/mol. The number of nitrogens with one attached hydrogen (secondary N) is 1. The van der Waals surface area contributed by atoms with Gasteiger partial charge in [-0.25, -0.2) is 0 Å². The van der Waals surface area contributed by atoms with Gasteiger partial charge in [0.1, 0.15) is 10.8 Å². The summed E-state index contributed by atoms with van der Waals surface area (Å²) in [5, 5.41) is 11.9. The molecule has 0 radical (unpaired) electrons. The van der Waals surface area contributed by atoms with Gasteiger partial charge in [0.25, 0.3) is 0 Å². The third-order valence-electron chi connectivity index (χ3n) is 3.17. The van der Waals surface area contributed by atoms with E-state index < -0.39 is 0 Å². The van der Waals surface area contributed by atoms with Gasteiger partial charge < -0.3 is 9.73 Å². The van der Waals surface area contributed by atoms with Gasteiger partial charge in [-0.2, -0.15) is 0 Å². The largest absolute Gasteiger partial charge is 0.467 e. The molecule has 0 saturated heterocycles. The van der Waals surface area contributed by atoms with Crippen LogP contribution in [0.1, 0.15) is 5.76 Å². The number of amides is 1. The fourth-order valence-electron chi connectivity index (χ4n) is 1.96. The molecule has 7 heteroatoms. The minimum Gasteiger partial charge on any atom is -0.467 e. The Morgan fingerprint density at radius 3 is 2.62 bits per heavy atom. The van der Waals surface area contributed by atoms with Crippen molar-refractivity contribution in [2.45, 2.75) is 11.6 Å². The Labute approximate surface area is 152 Å². The number of rotatable bonds is 6. The maximum atomic E-state index is 11.8. The molecule has 0 aliphatic rings. The molecule has 0 aliphatic carbocycles. The van der Waals surface area contributed by atoms with E-state index >= 15 is 0 Å². The van der Waals surface area contributed by atoms with Crippen LogP contribution in [0, 0.1) is 0 Å². The molecule has 122 valence electrons. The molecule has 0 unspecified atom stereocenters. The molecule has 0 bridgehead atoms. The molecule has 0 aliphatic heterocycles. The monoisotopic (exact) mass is 403 g/mol. The van der Waals surface area contributed by atoms with Gasteiger partial charge in [0.05, 0.1) is 24.3 Å². The molecule has 24 heavy (non-hydrogen) atoms. The molecule has 5 nitrogen and oxygen atoms in total. The SMILES string of the molecule is O=C(CSc1ccc(-c2ccc(Br)cc2)nn1)NCc1ccco1. The molecule has 2 heterocycles. The number of aromatic nitrogens is 2. The van der Waals surface area contributed by atoms with Gasteiger partial charge in [0, 0.05) is 10.0 Å². The van der Waals surface area contributed by atoms with E-state index in [-0.39, 0.29) is 11.7 Å². The van der Waals surface area contributed by atoms with E-state index in [2.05, 4.69) is 31.4 Å². The number of halogens is 1. The molecule has 0 atom stereocenters. The van der Waals surface area contributed by atoms with Gasteiger partial charge in [0.2, 0.25) is 5.91 Å². The molecular formula is C17H14BrN3O2S. The maximum Gasteiger partial charge on any atom is 0.230 e. The van der Waals surface area contributed by atoms with Crippen molar-refractivity contribution in [2.75, 3.05) is 5.75 Å². The van der Waals surface area contributed by atoms with Crippen molar-refractivity contribution >= 4 is 33.6 Å². The molecule has 1 amide bonds. The first-order valence-electron chi connectivity index (χ1n) is 7.22. The van der Waals surface area contributed by atoms with Crippen LogP contribution in [0.4, 0.5) is 0 Å². The maximum absolute atomic E-state index is 11.8. The average molecular weight is 404 g/mol. The summed E-state index contributed by atoms with van der Waals surface area (Å²) < 4.78 is 6.18. The molecule has 0 fully saturated rings. The van der Waals surface area contributed by atoms with E-state index in [0.29, 0.717) is 11.6 Å². The van der Waals surface area contributed by atoms with E-state index in [9.17, 15) is 4.79 Å². The van der Waals surface area contributed by atoms with Crippen LogP contribution >= 0.6 is 27.7 Å². The highest BCUT2D eigenvalue weighted by Gasteiger charge is 2.06. The number of hydrogen-bond acceptors (Lipinski definition) is 5. The molecule has 2 aromatic heterocycles. The lowest BCUT2D eigenvalue weighted by atomic mass is 10.1. The lowest BCUT2D eigenvalue weighted by Gasteiger charge is -2.04. The summed E-state index contributed by atoms with van der Waals surface area (Å²) in [7, 11) is 0. The van der Waals surface area contributed by atoms with Gasteiger partial charge >= 0.3 is 0 Å². The Kier molecular flexibility index (Phi) is 5.66. The molecule has 0 spiro atoms.